The fraction of sp³-hybridized carbons (Fsp3) is 0.400. The zero-order valence-electron chi connectivity index (χ0n) is 8.13. The van der Waals surface area contributed by atoms with Crippen LogP contribution in [0.3, 0.4) is 0 Å². The van der Waals surface area contributed by atoms with Crippen molar-refractivity contribution in [3.8, 4) is 6.07 Å². The summed E-state index contributed by atoms with van der Waals surface area (Å²) in [5, 5.41) is 8.37. The molecule has 0 N–H and O–H groups in total. The highest BCUT2D eigenvalue weighted by atomic mass is 19.1. The third-order valence-corrected chi connectivity index (χ3v) is 1.38. The van der Waals surface area contributed by atoms with Crippen LogP contribution in [0.4, 0.5) is 4.39 Å². The molecule has 3 heteroatoms. The molecule has 0 saturated heterocycles. The lowest BCUT2D eigenvalue weighted by Crippen LogP contribution is -1.93. The Kier molecular flexibility index (Phi) is 5.45. The summed E-state index contributed by atoms with van der Waals surface area (Å²) in [6, 6.07) is 3.02. The van der Waals surface area contributed by atoms with E-state index in [1.807, 2.05) is 26.8 Å². The van der Waals surface area contributed by atoms with Crippen molar-refractivity contribution in [1.82, 2.24) is 4.98 Å². The van der Waals surface area contributed by atoms with Gasteiger partial charge in [0.1, 0.15) is 11.9 Å². The van der Waals surface area contributed by atoms with Crippen LogP contribution in [0.5, 0.6) is 0 Å². The summed E-state index contributed by atoms with van der Waals surface area (Å²) in [7, 11) is 0. The number of hydrogen-bond donors (Lipinski definition) is 0. The third-order valence-electron chi connectivity index (χ3n) is 1.38. The van der Waals surface area contributed by atoms with E-state index in [1.165, 1.54) is 12.3 Å². The van der Waals surface area contributed by atoms with Crippen molar-refractivity contribution in [2.75, 3.05) is 0 Å². The number of hydrogen-bond acceptors (Lipinski definition) is 2. The topological polar surface area (TPSA) is 36.7 Å². The quantitative estimate of drug-likeness (QED) is 0.666. The Morgan fingerprint density at radius 2 is 2.15 bits per heavy atom. The monoisotopic (exact) mass is 180 g/mol. The summed E-state index contributed by atoms with van der Waals surface area (Å²) in [5.74, 6) is -0.397. The van der Waals surface area contributed by atoms with E-state index in [4.69, 9.17) is 5.26 Å². The normalized spacial score (nSPS) is 8.23. The van der Waals surface area contributed by atoms with Crippen molar-refractivity contribution in [2.45, 2.75) is 27.2 Å². The van der Waals surface area contributed by atoms with Crippen LogP contribution in [-0.4, -0.2) is 4.98 Å². The van der Waals surface area contributed by atoms with Gasteiger partial charge in [-0.25, -0.2) is 4.39 Å². The van der Waals surface area contributed by atoms with Crippen LogP contribution >= 0.6 is 0 Å². The molecule has 1 aromatic heterocycles. The lowest BCUT2D eigenvalue weighted by Gasteiger charge is -1.96. The number of pyridine rings is 1. The number of nitriles is 1. The van der Waals surface area contributed by atoms with Crippen molar-refractivity contribution in [3.63, 3.8) is 0 Å². The van der Waals surface area contributed by atoms with Crippen LogP contribution in [0, 0.1) is 17.1 Å². The predicted octanol–water partition coefficient (Wildman–Crippen LogP) is 2.68. The Hall–Kier alpha value is -1.43. The van der Waals surface area contributed by atoms with Gasteiger partial charge in [0.15, 0.2) is 0 Å². The number of halogens is 1. The molecule has 0 amide bonds. The maximum Gasteiger partial charge on any atom is 0.145 e. The maximum atomic E-state index is 12.8. The van der Waals surface area contributed by atoms with E-state index < -0.39 is 5.82 Å². The number of aromatic nitrogens is 1. The molecule has 0 aliphatic heterocycles. The fourth-order valence-electron chi connectivity index (χ4n) is 0.788. The van der Waals surface area contributed by atoms with Gasteiger partial charge in [0.25, 0.3) is 0 Å². The molecule has 0 aliphatic rings. The van der Waals surface area contributed by atoms with Gasteiger partial charge >= 0.3 is 0 Å². The standard InChI is InChI=1S/C8H7FN2.C2H6/c1-2-8-7(9)3-6(4-10)5-11-8;1-2/h3,5H,2H2,1H3;1-2H3. The summed E-state index contributed by atoms with van der Waals surface area (Å²) in [6.45, 7) is 5.82. The zero-order valence-corrected chi connectivity index (χ0v) is 8.13. The van der Waals surface area contributed by atoms with E-state index >= 15 is 0 Å². The summed E-state index contributed by atoms with van der Waals surface area (Å²) in [4.78, 5) is 3.77. The first-order valence-electron chi connectivity index (χ1n) is 4.32. The molecule has 0 unspecified atom stereocenters. The SMILES string of the molecule is CC.CCc1ncc(C#N)cc1F. The zero-order chi connectivity index (χ0) is 10.3. The average Bonchev–Trinajstić information content (AvgIpc) is 2.20. The minimum atomic E-state index is -0.397. The van der Waals surface area contributed by atoms with E-state index in [0.717, 1.165) is 0 Å². The lowest BCUT2D eigenvalue weighted by molar-refractivity contribution is 0.601. The minimum Gasteiger partial charge on any atom is -0.257 e. The van der Waals surface area contributed by atoms with E-state index in [-0.39, 0.29) is 5.56 Å². The van der Waals surface area contributed by atoms with Gasteiger partial charge in [-0.2, -0.15) is 5.26 Å². The first kappa shape index (κ1) is 11.6. The van der Waals surface area contributed by atoms with Crippen LogP contribution in [0.15, 0.2) is 12.3 Å². The number of aryl methyl sites for hydroxylation is 1. The second-order valence-electron chi connectivity index (χ2n) is 2.12. The van der Waals surface area contributed by atoms with Crippen molar-refractivity contribution < 1.29 is 4.39 Å². The molecule has 0 aromatic carbocycles. The van der Waals surface area contributed by atoms with Gasteiger partial charge in [-0.1, -0.05) is 20.8 Å². The molecule has 0 bridgehead atoms. The Labute approximate surface area is 78.0 Å². The van der Waals surface area contributed by atoms with Gasteiger partial charge in [0.2, 0.25) is 0 Å². The average molecular weight is 180 g/mol. The van der Waals surface area contributed by atoms with Crippen molar-refractivity contribution in [1.29, 1.82) is 5.26 Å². The van der Waals surface area contributed by atoms with Crippen LogP contribution < -0.4 is 0 Å². The molecular formula is C10H13FN2. The second-order valence-corrected chi connectivity index (χ2v) is 2.12. The van der Waals surface area contributed by atoms with Crippen molar-refractivity contribution in [3.05, 3.63) is 29.3 Å². The Balaban J connectivity index is 0.000000671. The Bertz CT molecular complexity index is 302. The lowest BCUT2D eigenvalue weighted by atomic mass is 10.2. The molecule has 1 heterocycles. The molecule has 0 fully saturated rings. The van der Waals surface area contributed by atoms with Gasteiger partial charge in [-0.15, -0.1) is 0 Å². The summed E-state index contributed by atoms with van der Waals surface area (Å²) >= 11 is 0. The van der Waals surface area contributed by atoms with Crippen LogP contribution in [0.25, 0.3) is 0 Å². The Morgan fingerprint density at radius 1 is 1.54 bits per heavy atom. The van der Waals surface area contributed by atoms with E-state index in [1.54, 1.807) is 0 Å². The molecule has 0 atom stereocenters. The molecule has 0 aliphatic carbocycles. The summed E-state index contributed by atoms with van der Waals surface area (Å²) in [6.07, 6.45) is 1.93. The van der Waals surface area contributed by atoms with E-state index in [9.17, 15) is 4.39 Å². The van der Waals surface area contributed by atoms with Gasteiger partial charge in [-0.05, 0) is 12.5 Å². The third kappa shape index (κ3) is 3.20. The van der Waals surface area contributed by atoms with Crippen LogP contribution in [-0.2, 0) is 6.42 Å². The highest BCUT2D eigenvalue weighted by Gasteiger charge is 2.01. The molecule has 1 aromatic rings. The van der Waals surface area contributed by atoms with Gasteiger partial charge in [0, 0.05) is 6.20 Å². The molecule has 0 saturated carbocycles. The predicted molar refractivity (Wildman–Crippen MR) is 49.6 cm³/mol. The van der Waals surface area contributed by atoms with E-state index in [2.05, 4.69) is 4.98 Å². The first-order valence-corrected chi connectivity index (χ1v) is 4.32. The van der Waals surface area contributed by atoms with Gasteiger partial charge in [-0.3, -0.25) is 4.98 Å². The largest absolute Gasteiger partial charge is 0.257 e. The Morgan fingerprint density at radius 3 is 2.54 bits per heavy atom. The molecule has 2 nitrogen and oxygen atoms in total. The highest BCUT2D eigenvalue weighted by molar-refractivity contribution is 5.27. The fourth-order valence-corrected chi connectivity index (χ4v) is 0.788. The smallest absolute Gasteiger partial charge is 0.145 e. The second kappa shape index (κ2) is 6.13. The molecule has 13 heavy (non-hydrogen) atoms. The van der Waals surface area contributed by atoms with Crippen LogP contribution in [0.1, 0.15) is 32.0 Å². The molecule has 1 rings (SSSR count). The van der Waals surface area contributed by atoms with Crippen molar-refractivity contribution >= 4 is 0 Å². The number of rotatable bonds is 1. The molecular weight excluding hydrogens is 167 g/mol. The minimum absolute atomic E-state index is 0.264. The molecule has 0 radical (unpaired) electrons. The van der Waals surface area contributed by atoms with Crippen LogP contribution in [0.2, 0.25) is 0 Å². The first-order chi connectivity index (χ1) is 6.27. The van der Waals surface area contributed by atoms with Crippen molar-refractivity contribution in [2.24, 2.45) is 0 Å². The summed E-state index contributed by atoms with van der Waals surface area (Å²) in [5.41, 5.74) is 0.670. The highest BCUT2D eigenvalue weighted by Crippen LogP contribution is 2.06. The van der Waals surface area contributed by atoms with Gasteiger partial charge < -0.3 is 0 Å². The molecule has 70 valence electrons. The van der Waals surface area contributed by atoms with E-state index in [0.29, 0.717) is 12.1 Å². The van der Waals surface area contributed by atoms with Gasteiger partial charge in [0.05, 0.1) is 11.3 Å². The number of nitrogens with zero attached hydrogens (tertiary/aromatic N) is 2. The maximum absolute atomic E-state index is 12.8. The molecule has 0 spiro atoms. The summed E-state index contributed by atoms with van der Waals surface area (Å²) < 4.78 is 12.8.